The molecule has 1 aromatic heterocycles. The second-order valence-electron chi connectivity index (χ2n) is 5.71. The molecule has 0 aliphatic carbocycles. The van der Waals surface area contributed by atoms with E-state index in [-0.39, 0.29) is 29.6 Å². The van der Waals surface area contributed by atoms with E-state index in [4.69, 9.17) is 0 Å². The standard InChI is InChI=1S/C15H19N3O2.ClH/c1-16-9-7-11(8-10-16)18-15(20)13-6-4-3-5-12(13)14(19)17(18)2;/h3-6,11H,7-10H2,1-2H3;1H. The predicted molar refractivity (Wildman–Crippen MR) is 78.3 cm³/mol. The van der Waals surface area contributed by atoms with Gasteiger partial charge in [-0.3, -0.25) is 9.59 Å². The van der Waals surface area contributed by atoms with E-state index in [2.05, 4.69) is 7.05 Å². The molecule has 21 heavy (non-hydrogen) atoms. The van der Waals surface area contributed by atoms with E-state index in [1.54, 1.807) is 29.9 Å². The van der Waals surface area contributed by atoms with Crippen LogP contribution in [0.15, 0.2) is 33.9 Å². The van der Waals surface area contributed by atoms with E-state index in [1.807, 2.05) is 6.07 Å². The van der Waals surface area contributed by atoms with E-state index in [0.29, 0.717) is 10.8 Å². The fourth-order valence-electron chi connectivity index (χ4n) is 3.14. The van der Waals surface area contributed by atoms with Crippen LogP contribution in [0.1, 0.15) is 18.9 Å². The highest BCUT2D eigenvalue weighted by molar-refractivity contribution is 5.80. The maximum Gasteiger partial charge on any atom is 0.273 e. The van der Waals surface area contributed by atoms with Crippen LogP contribution in [0.5, 0.6) is 0 Å². The first kappa shape index (κ1) is 15.8. The van der Waals surface area contributed by atoms with Gasteiger partial charge in [0.1, 0.15) is 0 Å². The molecule has 114 valence electrons. The van der Waals surface area contributed by atoms with Gasteiger partial charge in [0.25, 0.3) is 11.1 Å². The summed E-state index contributed by atoms with van der Waals surface area (Å²) in [7, 11) is 3.86. The van der Waals surface area contributed by atoms with Gasteiger partial charge in [-0.05, 0) is 12.1 Å². The van der Waals surface area contributed by atoms with E-state index in [0.717, 1.165) is 25.9 Å². The Morgan fingerprint density at radius 3 is 2.14 bits per heavy atom. The molecule has 1 aromatic carbocycles. The first-order valence-corrected chi connectivity index (χ1v) is 7.11. The lowest BCUT2D eigenvalue weighted by atomic mass is 10.1. The Bertz CT molecular complexity index is 758. The first-order chi connectivity index (χ1) is 9.59. The molecule has 0 atom stereocenters. The fourth-order valence-corrected chi connectivity index (χ4v) is 3.14. The summed E-state index contributed by atoms with van der Waals surface area (Å²) in [4.78, 5) is 26.6. The molecular formula is C15H20ClN3O2. The average Bonchev–Trinajstić information content (AvgIpc) is 2.47. The molecule has 3 rings (SSSR count). The SMILES string of the molecule is Cn1c(=O)c2ccccc2c(=O)n1C1CC[NH+](C)CC1.[Cl-]. The van der Waals surface area contributed by atoms with Gasteiger partial charge in [0.15, 0.2) is 0 Å². The van der Waals surface area contributed by atoms with Crippen molar-refractivity contribution in [1.29, 1.82) is 0 Å². The highest BCUT2D eigenvalue weighted by Crippen LogP contribution is 2.15. The first-order valence-electron chi connectivity index (χ1n) is 7.11. The number of aromatic nitrogens is 2. The minimum atomic E-state index is -0.0912. The second kappa shape index (κ2) is 6.03. The lowest BCUT2D eigenvalue weighted by Gasteiger charge is -2.29. The molecular weight excluding hydrogens is 290 g/mol. The van der Waals surface area contributed by atoms with Crippen molar-refractivity contribution in [1.82, 2.24) is 9.36 Å². The monoisotopic (exact) mass is 309 g/mol. The number of halogens is 1. The Morgan fingerprint density at radius 1 is 1.05 bits per heavy atom. The van der Waals surface area contributed by atoms with Crippen molar-refractivity contribution in [3.05, 3.63) is 45.0 Å². The molecule has 1 saturated heterocycles. The molecule has 0 unspecified atom stereocenters. The molecule has 0 saturated carbocycles. The molecule has 1 aliphatic rings. The number of piperidine rings is 1. The number of nitrogens with zero attached hydrogens (tertiary/aromatic N) is 2. The lowest BCUT2D eigenvalue weighted by Crippen LogP contribution is -3.10. The van der Waals surface area contributed by atoms with Gasteiger partial charge in [0.2, 0.25) is 0 Å². The van der Waals surface area contributed by atoms with Crippen molar-refractivity contribution < 1.29 is 17.3 Å². The number of likely N-dealkylation sites (tertiary alicyclic amines) is 1. The second-order valence-corrected chi connectivity index (χ2v) is 5.71. The van der Waals surface area contributed by atoms with Gasteiger partial charge in [-0.2, -0.15) is 0 Å². The molecule has 1 aliphatic heterocycles. The molecule has 6 heteroatoms. The third-order valence-electron chi connectivity index (χ3n) is 4.37. The smallest absolute Gasteiger partial charge is 0.273 e. The largest absolute Gasteiger partial charge is 1.00 e. The predicted octanol–water partition coefficient (Wildman–Crippen LogP) is -3.45. The molecule has 5 nitrogen and oxygen atoms in total. The number of hydrogen-bond donors (Lipinski definition) is 1. The number of fused-ring (bicyclic) bond motifs is 1. The van der Waals surface area contributed by atoms with Crippen LogP contribution >= 0.6 is 0 Å². The fraction of sp³-hybridized carbons (Fsp3) is 0.467. The Kier molecular flexibility index (Phi) is 4.54. The van der Waals surface area contributed by atoms with E-state index >= 15 is 0 Å². The summed E-state index contributed by atoms with van der Waals surface area (Å²) in [5, 5.41) is 1.04. The summed E-state index contributed by atoms with van der Waals surface area (Å²) in [6, 6.07) is 7.21. The van der Waals surface area contributed by atoms with Crippen molar-refractivity contribution in [3.63, 3.8) is 0 Å². The summed E-state index contributed by atoms with van der Waals surface area (Å²) in [5.41, 5.74) is -0.140. The zero-order valence-electron chi connectivity index (χ0n) is 12.3. The van der Waals surface area contributed by atoms with Gasteiger partial charge in [-0.1, -0.05) is 12.1 Å². The van der Waals surface area contributed by atoms with Crippen molar-refractivity contribution in [2.45, 2.75) is 18.9 Å². The number of quaternary nitrogens is 1. The summed E-state index contributed by atoms with van der Waals surface area (Å²) in [6.07, 6.45) is 1.88. The number of hydrogen-bond acceptors (Lipinski definition) is 2. The van der Waals surface area contributed by atoms with Gasteiger partial charge < -0.3 is 17.3 Å². The Labute approximate surface area is 129 Å². The van der Waals surface area contributed by atoms with Crippen molar-refractivity contribution >= 4 is 10.8 Å². The quantitative estimate of drug-likeness (QED) is 0.596. The van der Waals surface area contributed by atoms with Crippen molar-refractivity contribution in [2.24, 2.45) is 7.05 Å². The number of rotatable bonds is 1. The van der Waals surface area contributed by atoms with Crippen LogP contribution < -0.4 is 28.4 Å². The molecule has 0 bridgehead atoms. The molecule has 1 fully saturated rings. The van der Waals surface area contributed by atoms with Crippen molar-refractivity contribution in [2.75, 3.05) is 20.1 Å². The third kappa shape index (κ3) is 2.63. The Balaban J connectivity index is 0.00000161. The zero-order chi connectivity index (χ0) is 14.3. The molecule has 2 heterocycles. The topological polar surface area (TPSA) is 48.4 Å². The highest BCUT2D eigenvalue weighted by atomic mass is 35.5. The summed E-state index contributed by atoms with van der Waals surface area (Å²) >= 11 is 0. The van der Waals surface area contributed by atoms with Gasteiger partial charge in [0.05, 0.1) is 37.0 Å². The molecule has 1 N–H and O–H groups in total. The Hall–Kier alpha value is -1.59. The van der Waals surface area contributed by atoms with Gasteiger partial charge in [-0.25, -0.2) is 9.36 Å². The van der Waals surface area contributed by atoms with Crippen LogP contribution in [-0.4, -0.2) is 29.5 Å². The van der Waals surface area contributed by atoms with Gasteiger partial charge in [-0.15, -0.1) is 0 Å². The van der Waals surface area contributed by atoms with Crippen LogP contribution in [0.3, 0.4) is 0 Å². The lowest BCUT2D eigenvalue weighted by molar-refractivity contribution is -0.885. The zero-order valence-corrected chi connectivity index (χ0v) is 13.1. The van der Waals surface area contributed by atoms with E-state index in [1.165, 1.54) is 9.58 Å². The summed E-state index contributed by atoms with van der Waals surface area (Å²) in [5.74, 6) is 0. The number of benzene rings is 1. The number of nitrogens with one attached hydrogen (secondary N) is 1. The minimum Gasteiger partial charge on any atom is -1.00 e. The van der Waals surface area contributed by atoms with Gasteiger partial charge >= 0.3 is 0 Å². The van der Waals surface area contributed by atoms with Crippen LogP contribution in [0.2, 0.25) is 0 Å². The van der Waals surface area contributed by atoms with E-state index < -0.39 is 0 Å². The minimum absolute atomic E-state index is 0. The Morgan fingerprint density at radius 2 is 1.57 bits per heavy atom. The summed E-state index contributed by atoms with van der Waals surface area (Å²) in [6.45, 7) is 2.08. The van der Waals surface area contributed by atoms with Crippen molar-refractivity contribution in [3.8, 4) is 0 Å². The van der Waals surface area contributed by atoms with Crippen LogP contribution in [0.4, 0.5) is 0 Å². The summed E-state index contributed by atoms with van der Waals surface area (Å²) < 4.78 is 3.16. The highest BCUT2D eigenvalue weighted by Gasteiger charge is 2.24. The van der Waals surface area contributed by atoms with Gasteiger partial charge in [0, 0.05) is 19.9 Å². The van der Waals surface area contributed by atoms with Crippen LogP contribution in [0.25, 0.3) is 10.8 Å². The maximum atomic E-state index is 12.7. The van der Waals surface area contributed by atoms with Crippen LogP contribution in [-0.2, 0) is 7.05 Å². The third-order valence-corrected chi connectivity index (χ3v) is 4.37. The maximum absolute atomic E-state index is 12.7. The molecule has 0 amide bonds. The molecule has 2 aromatic rings. The normalized spacial score (nSPS) is 22.0. The van der Waals surface area contributed by atoms with Crippen LogP contribution in [0, 0.1) is 0 Å². The van der Waals surface area contributed by atoms with E-state index in [9.17, 15) is 9.59 Å². The molecule has 0 radical (unpaired) electrons. The average molecular weight is 310 g/mol. The molecule has 0 spiro atoms.